The van der Waals surface area contributed by atoms with E-state index < -0.39 is 5.82 Å². The molecular formula is C15H12ClFN2OS. The monoisotopic (exact) mass is 322 g/mol. The Morgan fingerprint density at radius 3 is 2.86 bits per heavy atom. The van der Waals surface area contributed by atoms with Gasteiger partial charge in [-0.3, -0.25) is 4.79 Å². The maximum Gasteiger partial charge on any atom is 0.258 e. The molecule has 0 radical (unpaired) electrons. The Morgan fingerprint density at radius 2 is 2.10 bits per heavy atom. The molecule has 1 aliphatic rings. The third-order valence-electron chi connectivity index (χ3n) is 3.26. The van der Waals surface area contributed by atoms with E-state index in [4.69, 9.17) is 17.3 Å². The molecule has 21 heavy (non-hydrogen) atoms. The van der Waals surface area contributed by atoms with Crippen molar-refractivity contribution in [1.29, 1.82) is 0 Å². The summed E-state index contributed by atoms with van der Waals surface area (Å²) in [5.41, 5.74) is 7.56. The summed E-state index contributed by atoms with van der Waals surface area (Å²) in [6, 6.07) is 9.50. The lowest BCUT2D eigenvalue weighted by Crippen LogP contribution is -2.35. The molecule has 2 aromatic rings. The summed E-state index contributed by atoms with van der Waals surface area (Å²) in [6.45, 7) is 0.578. The molecule has 0 atom stereocenters. The Bertz CT molecular complexity index is 723. The number of rotatable bonds is 1. The second kappa shape index (κ2) is 5.58. The van der Waals surface area contributed by atoms with Crippen LogP contribution in [0.4, 0.5) is 15.8 Å². The van der Waals surface area contributed by atoms with E-state index in [1.807, 2.05) is 12.1 Å². The minimum absolute atomic E-state index is 0.0555. The second-order valence-corrected chi connectivity index (χ2v) is 6.21. The summed E-state index contributed by atoms with van der Waals surface area (Å²) in [5.74, 6) is 0.0634. The Balaban J connectivity index is 1.99. The Kier molecular flexibility index (Phi) is 3.78. The van der Waals surface area contributed by atoms with E-state index in [0.29, 0.717) is 17.8 Å². The molecule has 0 unspecified atom stereocenters. The van der Waals surface area contributed by atoms with Crippen LogP contribution in [0, 0.1) is 5.82 Å². The highest BCUT2D eigenvalue weighted by Crippen LogP contribution is 2.36. The standard InChI is InChI=1S/C15H12ClFN2OS/c16-11-7-9(1-3-12(11)17)15(20)19-5-6-21-14-4-2-10(18)8-13(14)19/h1-4,7-8H,5-6,18H2. The van der Waals surface area contributed by atoms with Gasteiger partial charge in [0.05, 0.1) is 10.7 Å². The first kappa shape index (κ1) is 14.2. The number of carbonyl (C=O) groups excluding carboxylic acids is 1. The number of carbonyl (C=O) groups is 1. The topological polar surface area (TPSA) is 46.3 Å². The minimum atomic E-state index is -0.535. The van der Waals surface area contributed by atoms with Gasteiger partial charge < -0.3 is 10.6 Å². The molecule has 0 aliphatic carbocycles. The van der Waals surface area contributed by atoms with E-state index in [0.717, 1.165) is 16.3 Å². The maximum atomic E-state index is 13.2. The molecule has 6 heteroatoms. The van der Waals surface area contributed by atoms with Gasteiger partial charge in [0.2, 0.25) is 0 Å². The molecule has 1 heterocycles. The molecule has 3 rings (SSSR count). The van der Waals surface area contributed by atoms with Crippen LogP contribution in [0.5, 0.6) is 0 Å². The number of thioether (sulfide) groups is 1. The van der Waals surface area contributed by atoms with Gasteiger partial charge in [0.1, 0.15) is 5.82 Å². The number of fused-ring (bicyclic) bond motifs is 1. The molecule has 0 spiro atoms. The Labute approximate surface area is 130 Å². The van der Waals surface area contributed by atoms with Gasteiger partial charge in [-0.1, -0.05) is 11.6 Å². The van der Waals surface area contributed by atoms with Gasteiger partial charge in [0, 0.05) is 28.4 Å². The average Bonchev–Trinajstić information content (AvgIpc) is 2.48. The molecule has 2 N–H and O–H groups in total. The zero-order valence-corrected chi connectivity index (χ0v) is 12.5. The van der Waals surface area contributed by atoms with E-state index in [-0.39, 0.29) is 10.9 Å². The molecule has 1 amide bonds. The molecule has 0 saturated carbocycles. The smallest absolute Gasteiger partial charge is 0.258 e. The highest BCUT2D eigenvalue weighted by Gasteiger charge is 2.24. The zero-order chi connectivity index (χ0) is 15.0. The predicted molar refractivity (Wildman–Crippen MR) is 84.7 cm³/mol. The van der Waals surface area contributed by atoms with E-state index in [9.17, 15) is 9.18 Å². The van der Waals surface area contributed by atoms with Crippen LogP contribution in [0.15, 0.2) is 41.3 Å². The Morgan fingerprint density at radius 1 is 1.29 bits per heavy atom. The van der Waals surface area contributed by atoms with Crippen LogP contribution in [-0.4, -0.2) is 18.2 Å². The quantitative estimate of drug-likeness (QED) is 0.812. The third-order valence-corrected chi connectivity index (χ3v) is 4.59. The molecule has 0 saturated heterocycles. The van der Waals surface area contributed by atoms with Crippen LogP contribution in [0.25, 0.3) is 0 Å². The molecule has 3 nitrogen and oxygen atoms in total. The van der Waals surface area contributed by atoms with Crippen molar-refractivity contribution in [3.8, 4) is 0 Å². The number of hydrogen-bond acceptors (Lipinski definition) is 3. The zero-order valence-electron chi connectivity index (χ0n) is 11.0. The SMILES string of the molecule is Nc1ccc2c(c1)N(C(=O)c1ccc(F)c(Cl)c1)CCS2. The first-order chi connectivity index (χ1) is 10.1. The average molecular weight is 323 g/mol. The molecule has 0 fully saturated rings. The lowest BCUT2D eigenvalue weighted by molar-refractivity contribution is 0.0987. The first-order valence-electron chi connectivity index (χ1n) is 6.35. The van der Waals surface area contributed by atoms with Gasteiger partial charge in [-0.25, -0.2) is 4.39 Å². The number of nitrogens with zero attached hydrogens (tertiary/aromatic N) is 1. The fourth-order valence-electron chi connectivity index (χ4n) is 2.23. The van der Waals surface area contributed by atoms with Crippen LogP contribution >= 0.6 is 23.4 Å². The lowest BCUT2D eigenvalue weighted by atomic mass is 10.1. The van der Waals surface area contributed by atoms with E-state index in [2.05, 4.69) is 0 Å². The number of amides is 1. The highest BCUT2D eigenvalue weighted by molar-refractivity contribution is 7.99. The van der Waals surface area contributed by atoms with E-state index in [1.165, 1.54) is 18.2 Å². The van der Waals surface area contributed by atoms with Gasteiger partial charge in [-0.05, 0) is 36.4 Å². The summed E-state index contributed by atoms with van der Waals surface area (Å²) in [5, 5.41) is -0.0555. The van der Waals surface area contributed by atoms with Crippen molar-refractivity contribution in [2.45, 2.75) is 4.90 Å². The van der Waals surface area contributed by atoms with Crippen LogP contribution in [0.2, 0.25) is 5.02 Å². The number of anilines is 2. The Hall–Kier alpha value is -1.72. The fraction of sp³-hybridized carbons (Fsp3) is 0.133. The van der Waals surface area contributed by atoms with Gasteiger partial charge in [-0.15, -0.1) is 11.8 Å². The highest BCUT2D eigenvalue weighted by atomic mass is 35.5. The van der Waals surface area contributed by atoms with Gasteiger partial charge in [0.15, 0.2) is 0 Å². The lowest BCUT2D eigenvalue weighted by Gasteiger charge is -2.29. The molecule has 0 bridgehead atoms. The summed E-state index contributed by atoms with van der Waals surface area (Å²) < 4.78 is 13.2. The summed E-state index contributed by atoms with van der Waals surface area (Å²) in [4.78, 5) is 15.3. The normalized spacial score (nSPS) is 13.9. The van der Waals surface area contributed by atoms with Crippen molar-refractivity contribution >= 4 is 40.6 Å². The molecule has 1 aliphatic heterocycles. The van der Waals surface area contributed by atoms with Crippen molar-refractivity contribution in [2.24, 2.45) is 0 Å². The van der Waals surface area contributed by atoms with Crippen LogP contribution in [0.3, 0.4) is 0 Å². The van der Waals surface area contributed by atoms with Crippen molar-refractivity contribution < 1.29 is 9.18 Å². The first-order valence-corrected chi connectivity index (χ1v) is 7.72. The van der Waals surface area contributed by atoms with Crippen LogP contribution in [-0.2, 0) is 0 Å². The fourth-order valence-corrected chi connectivity index (χ4v) is 3.39. The van der Waals surface area contributed by atoms with Crippen LogP contribution in [0.1, 0.15) is 10.4 Å². The minimum Gasteiger partial charge on any atom is -0.399 e. The van der Waals surface area contributed by atoms with Gasteiger partial charge >= 0.3 is 0 Å². The molecular weight excluding hydrogens is 311 g/mol. The maximum absolute atomic E-state index is 13.2. The van der Waals surface area contributed by atoms with Crippen molar-refractivity contribution in [2.75, 3.05) is 22.9 Å². The molecule has 2 aromatic carbocycles. The second-order valence-electron chi connectivity index (χ2n) is 4.66. The number of halogens is 2. The number of hydrogen-bond donors (Lipinski definition) is 1. The predicted octanol–water partition coefficient (Wildman–Crippen LogP) is 3.81. The van der Waals surface area contributed by atoms with Crippen LogP contribution < -0.4 is 10.6 Å². The van der Waals surface area contributed by atoms with E-state index in [1.54, 1.807) is 22.7 Å². The summed E-state index contributed by atoms with van der Waals surface area (Å²) in [7, 11) is 0. The van der Waals surface area contributed by atoms with Gasteiger partial charge in [0.25, 0.3) is 5.91 Å². The third kappa shape index (κ3) is 2.71. The molecule has 0 aromatic heterocycles. The molecule has 108 valence electrons. The van der Waals surface area contributed by atoms with Crippen molar-refractivity contribution in [3.63, 3.8) is 0 Å². The summed E-state index contributed by atoms with van der Waals surface area (Å²) >= 11 is 7.44. The van der Waals surface area contributed by atoms with Crippen molar-refractivity contribution in [3.05, 3.63) is 52.8 Å². The number of nitrogen functional groups attached to an aromatic ring is 1. The number of benzene rings is 2. The van der Waals surface area contributed by atoms with Gasteiger partial charge in [-0.2, -0.15) is 0 Å². The van der Waals surface area contributed by atoms with Crippen molar-refractivity contribution in [1.82, 2.24) is 0 Å². The largest absolute Gasteiger partial charge is 0.399 e. The number of nitrogens with two attached hydrogens (primary N) is 1. The summed E-state index contributed by atoms with van der Waals surface area (Å²) in [6.07, 6.45) is 0. The van der Waals surface area contributed by atoms with E-state index >= 15 is 0 Å².